The molecule has 1 aromatic heterocycles. The molecule has 0 amide bonds. The molecule has 2 aromatic rings. The molecule has 1 aromatic carbocycles. The monoisotopic (exact) mass is 270 g/mol. The van der Waals surface area contributed by atoms with Crippen LogP contribution in [0.1, 0.15) is 0 Å². The van der Waals surface area contributed by atoms with Gasteiger partial charge < -0.3 is 0 Å². The lowest BCUT2D eigenvalue weighted by Gasteiger charge is -2.02. The average molecular weight is 271 g/mol. The lowest BCUT2D eigenvalue weighted by atomic mass is 10.2. The number of halogens is 3. The van der Waals surface area contributed by atoms with Gasteiger partial charge in [-0.25, -0.2) is 18.7 Å². The zero-order valence-electron chi connectivity index (χ0n) is 7.42. The zero-order valence-corrected chi connectivity index (χ0v) is 9.00. The first-order valence-electron chi connectivity index (χ1n) is 4.11. The highest BCUT2D eigenvalue weighted by Crippen LogP contribution is 2.23. The van der Waals surface area contributed by atoms with Gasteiger partial charge in [-0.3, -0.25) is 0 Å². The second-order valence-corrected chi connectivity index (χ2v) is 3.61. The molecule has 0 aliphatic carbocycles. The van der Waals surface area contributed by atoms with Crippen LogP contribution >= 0.6 is 15.9 Å². The van der Waals surface area contributed by atoms with Crippen LogP contribution in [0.5, 0.6) is 0 Å². The van der Waals surface area contributed by atoms with E-state index in [2.05, 4.69) is 25.9 Å². The summed E-state index contributed by atoms with van der Waals surface area (Å²) in [6.45, 7) is 0. The first-order chi connectivity index (χ1) is 7.18. The number of hydrogen-bond donors (Lipinski definition) is 0. The maximum Gasteiger partial charge on any atom is 0.166 e. The standard InChI is InChI=1S/C10H5BrF2N2/c11-8-4-5-14-10(15-8)9-6(12)2-1-3-7(9)13/h1-5H. The van der Waals surface area contributed by atoms with E-state index in [1.807, 2.05) is 0 Å². The van der Waals surface area contributed by atoms with Crippen LogP contribution in [0.15, 0.2) is 35.1 Å². The molecule has 76 valence electrons. The second kappa shape index (κ2) is 4.02. The van der Waals surface area contributed by atoms with E-state index >= 15 is 0 Å². The lowest BCUT2D eigenvalue weighted by Crippen LogP contribution is -1.95. The minimum atomic E-state index is -0.673. The van der Waals surface area contributed by atoms with Crippen molar-refractivity contribution in [2.45, 2.75) is 0 Å². The summed E-state index contributed by atoms with van der Waals surface area (Å²) in [5.41, 5.74) is -0.209. The van der Waals surface area contributed by atoms with Crippen LogP contribution in [0, 0.1) is 11.6 Å². The van der Waals surface area contributed by atoms with Crippen molar-refractivity contribution in [2.75, 3.05) is 0 Å². The normalized spacial score (nSPS) is 10.3. The van der Waals surface area contributed by atoms with Crippen LogP contribution in [0.2, 0.25) is 0 Å². The summed E-state index contributed by atoms with van der Waals surface area (Å²) in [7, 11) is 0. The molecule has 0 saturated heterocycles. The van der Waals surface area contributed by atoms with E-state index in [1.165, 1.54) is 24.4 Å². The predicted octanol–water partition coefficient (Wildman–Crippen LogP) is 3.18. The van der Waals surface area contributed by atoms with Gasteiger partial charge in [-0.1, -0.05) is 6.07 Å². The predicted molar refractivity (Wildman–Crippen MR) is 55.1 cm³/mol. The van der Waals surface area contributed by atoms with Crippen LogP contribution in [-0.4, -0.2) is 9.97 Å². The van der Waals surface area contributed by atoms with E-state index < -0.39 is 11.6 Å². The maximum atomic E-state index is 13.3. The van der Waals surface area contributed by atoms with E-state index in [-0.39, 0.29) is 11.4 Å². The van der Waals surface area contributed by atoms with Crippen LogP contribution in [0.25, 0.3) is 11.4 Å². The summed E-state index contributed by atoms with van der Waals surface area (Å²) in [6.07, 6.45) is 1.43. The van der Waals surface area contributed by atoms with Gasteiger partial charge in [0.1, 0.15) is 16.2 Å². The lowest BCUT2D eigenvalue weighted by molar-refractivity contribution is 0.587. The van der Waals surface area contributed by atoms with Crippen molar-refractivity contribution >= 4 is 15.9 Å². The van der Waals surface area contributed by atoms with Gasteiger partial charge in [0.15, 0.2) is 5.82 Å². The number of rotatable bonds is 1. The van der Waals surface area contributed by atoms with Crippen molar-refractivity contribution in [1.29, 1.82) is 0 Å². The highest BCUT2D eigenvalue weighted by atomic mass is 79.9. The summed E-state index contributed by atoms with van der Waals surface area (Å²) >= 11 is 3.11. The smallest absolute Gasteiger partial charge is 0.166 e. The van der Waals surface area contributed by atoms with E-state index in [4.69, 9.17) is 0 Å². The molecule has 1 heterocycles. The Bertz CT molecular complexity index is 482. The van der Waals surface area contributed by atoms with Gasteiger partial charge in [-0.2, -0.15) is 0 Å². The molecule has 0 saturated carbocycles. The van der Waals surface area contributed by atoms with Crippen LogP contribution in [0.3, 0.4) is 0 Å². The van der Waals surface area contributed by atoms with Crippen LogP contribution in [-0.2, 0) is 0 Å². The summed E-state index contributed by atoms with van der Waals surface area (Å²) in [5.74, 6) is -1.32. The fourth-order valence-electron chi connectivity index (χ4n) is 1.17. The van der Waals surface area contributed by atoms with Gasteiger partial charge >= 0.3 is 0 Å². The Morgan fingerprint density at radius 1 is 1.07 bits per heavy atom. The molecule has 2 rings (SSSR count). The molecule has 5 heteroatoms. The van der Waals surface area contributed by atoms with E-state index in [1.54, 1.807) is 6.07 Å². The minimum Gasteiger partial charge on any atom is -0.236 e. The summed E-state index contributed by atoms with van der Waals surface area (Å²) in [4.78, 5) is 7.70. The Hall–Kier alpha value is -1.36. The molecular weight excluding hydrogens is 266 g/mol. The molecule has 15 heavy (non-hydrogen) atoms. The number of benzene rings is 1. The summed E-state index contributed by atoms with van der Waals surface area (Å²) in [5, 5.41) is 0. The topological polar surface area (TPSA) is 25.8 Å². The Kier molecular flexibility index (Phi) is 2.73. The van der Waals surface area contributed by atoms with E-state index in [9.17, 15) is 8.78 Å². The zero-order chi connectivity index (χ0) is 10.8. The molecular formula is C10H5BrF2N2. The molecule has 2 nitrogen and oxygen atoms in total. The maximum absolute atomic E-state index is 13.3. The van der Waals surface area contributed by atoms with E-state index in [0.717, 1.165) is 0 Å². The van der Waals surface area contributed by atoms with Gasteiger partial charge in [0.05, 0.1) is 5.56 Å². The number of nitrogens with zero attached hydrogens (tertiary/aromatic N) is 2. The Labute approximate surface area is 93.1 Å². The molecule has 0 fully saturated rings. The summed E-state index contributed by atoms with van der Waals surface area (Å²) < 4.78 is 27.1. The van der Waals surface area contributed by atoms with Crippen molar-refractivity contribution in [3.05, 3.63) is 46.7 Å². The van der Waals surface area contributed by atoms with E-state index in [0.29, 0.717) is 4.60 Å². The molecule has 0 atom stereocenters. The molecule has 0 spiro atoms. The minimum absolute atomic E-state index is 0.0278. The first kappa shape index (κ1) is 10.2. The third-order valence-corrected chi connectivity index (χ3v) is 2.25. The van der Waals surface area contributed by atoms with Crippen molar-refractivity contribution in [2.24, 2.45) is 0 Å². The highest BCUT2D eigenvalue weighted by molar-refractivity contribution is 9.10. The largest absolute Gasteiger partial charge is 0.236 e. The molecule has 0 radical (unpaired) electrons. The molecule has 0 unspecified atom stereocenters. The van der Waals surface area contributed by atoms with Gasteiger partial charge in [-0.15, -0.1) is 0 Å². The second-order valence-electron chi connectivity index (χ2n) is 2.80. The summed E-state index contributed by atoms with van der Waals surface area (Å²) in [6, 6.07) is 5.22. The fraction of sp³-hybridized carbons (Fsp3) is 0. The third kappa shape index (κ3) is 2.02. The first-order valence-corrected chi connectivity index (χ1v) is 4.90. The van der Waals surface area contributed by atoms with Gasteiger partial charge in [0.25, 0.3) is 0 Å². The van der Waals surface area contributed by atoms with Gasteiger partial charge in [-0.05, 0) is 34.1 Å². The number of aromatic nitrogens is 2. The number of hydrogen-bond acceptors (Lipinski definition) is 2. The SMILES string of the molecule is Fc1cccc(F)c1-c1nccc(Br)n1. The highest BCUT2D eigenvalue weighted by Gasteiger charge is 2.13. The van der Waals surface area contributed by atoms with Crippen LogP contribution in [0.4, 0.5) is 8.78 Å². The molecule has 0 bridgehead atoms. The van der Waals surface area contributed by atoms with Crippen molar-refractivity contribution in [1.82, 2.24) is 9.97 Å². The van der Waals surface area contributed by atoms with Gasteiger partial charge in [0, 0.05) is 6.20 Å². The Morgan fingerprint density at radius 2 is 1.73 bits per heavy atom. The van der Waals surface area contributed by atoms with Crippen LogP contribution < -0.4 is 0 Å². The molecule has 0 N–H and O–H groups in total. The van der Waals surface area contributed by atoms with Crippen molar-refractivity contribution < 1.29 is 8.78 Å². The van der Waals surface area contributed by atoms with Crippen molar-refractivity contribution in [3.63, 3.8) is 0 Å². The third-order valence-electron chi connectivity index (χ3n) is 1.81. The molecule has 0 aliphatic rings. The Morgan fingerprint density at radius 3 is 2.33 bits per heavy atom. The Balaban J connectivity index is 2.63. The average Bonchev–Trinajstić information content (AvgIpc) is 2.17. The fourth-order valence-corrected chi connectivity index (χ4v) is 1.45. The van der Waals surface area contributed by atoms with Gasteiger partial charge in [0.2, 0.25) is 0 Å². The van der Waals surface area contributed by atoms with Crippen molar-refractivity contribution in [3.8, 4) is 11.4 Å². The molecule has 0 aliphatic heterocycles. The quantitative estimate of drug-likeness (QED) is 0.744.